The van der Waals surface area contributed by atoms with Crippen LogP contribution in [0.2, 0.25) is 0 Å². The highest BCUT2D eigenvalue weighted by atomic mass is 19.1. The molecule has 0 fully saturated rings. The van der Waals surface area contributed by atoms with Crippen LogP contribution < -0.4 is 5.32 Å². The second-order valence-corrected chi connectivity index (χ2v) is 3.88. The molecule has 1 amide bonds. The molecule has 0 aliphatic carbocycles. The SMILES string of the molecule is O=C1Nc2ccccc2CC1CCCF. The number of carbonyl (C=O) groups is 1. The summed E-state index contributed by atoms with van der Waals surface area (Å²) < 4.78 is 12.0. The van der Waals surface area contributed by atoms with Gasteiger partial charge in [0.2, 0.25) is 5.91 Å². The van der Waals surface area contributed by atoms with Crippen molar-refractivity contribution >= 4 is 11.6 Å². The summed E-state index contributed by atoms with van der Waals surface area (Å²) in [6.45, 7) is -0.342. The van der Waals surface area contributed by atoms with Crippen molar-refractivity contribution in [2.24, 2.45) is 5.92 Å². The number of anilines is 1. The number of hydrogen-bond donors (Lipinski definition) is 1. The van der Waals surface area contributed by atoms with Gasteiger partial charge in [0.1, 0.15) is 0 Å². The van der Waals surface area contributed by atoms with Gasteiger partial charge in [0.05, 0.1) is 6.67 Å². The smallest absolute Gasteiger partial charge is 0.227 e. The molecule has 1 aromatic rings. The molecule has 0 saturated heterocycles. The number of carbonyl (C=O) groups excluding carboxylic acids is 1. The first-order valence-electron chi connectivity index (χ1n) is 5.26. The summed E-state index contributed by atoms with van der Waals surface area (Å²) in [6.07, 6.45) is 1.85. The molecule has 1 aliphatic rings. The lowest BCUT2D eigenvalue weighted by molar-refractivity contribution is -0.120. The lowest BCUT2D eigenvalue weighted by atomic mass is 9.90. The van der Waals surface area contributed by atoms with Crippen molar-refractivity contribution in [3.63, 3.8) is 0 Å². The lowest BCUT2D eigenvalue weighted by Crippen LogP contribution is -2.29. The van der Waals surface area contributed by atoms with Crippen molar-refractivity contribution in [3.8, 4) is 0 Å². The molecule has 0 spiro atoms. The molecule has 1 unspecified atom stereocenters. The number of halogens is 1. The standard InChI is InChI=1S/C12H14FNO/c13-7-3-5-10-8-9-4-1-2-6-11(9)14-12(10)15/h1-2,4,6,10H,3,5,7-8H2,(H,14,15). The van der Waals surface area contributed by atoms with Crippen molar-refractivity contribution < 1.29 is 9.18 Å². The van der Waals surface area contributed by atoms with Crippen LogP contribution >= 0.6 is 0 Å². The topological polar surface area (TPSA) is 29.1 Å². The number of amides is 1. The minimum absolute atomic E-state index is 0.0298. The van der Waals surface area contributed by atoms with E-state index in [9.17, 15) is 9.18 Å². The zero-order chi connectivity index (χ0) is 10.7. The second kappa shape index (κ2) is 4.43. The van der Waals surface area contributed by atoms with E-state index in [1.807, 2.05) is 24.3 Å². The summed E-state index contributed by atoms with van der Waals surface area (Å²) in [5.74, 6) is -0.0298. The summed E-state index contributed by atoms with van der Waals surface area (Å²) in [6, 6.07) is 7.78. The van der Waals surface area contributed by atoms with Gasteiger partial charge in [0.25, 0.3) is 0 Å². The number of fused-ring (bicyclic) bond motifs is 1. The van der Waals surface area contributed by atoms with E-state index in [1.165, 1.54) is 0 Å². The molecule has 1 aromatic carbocycles. The predicted octanol–water partition coefficient (Wildman–Crippen LogP) is 2.55. The van der Waals surface area contributed by atoms with Crippen molar-refractivity contribution in [2.45, 2.75) is 19.3 Å². The molecule has 0 saturated carbocycles. The van der Waals surface area contributed by atoms with Gasteiger partial charge in [-0.2, -0.15) is 0 Å². The third-order valence-corrected chi connectivity index (χ3v) is 2.80. The highest BCUT2D eigenvalue weighted by Gasteiger charge is 2.24. The third-order valence-electron chi connectivity index (χ3n) is 2.80. The summed E-state index contributed by atoms with van der Waals surface area (Å²) in [7, 11) is 0. The van der Waals surface area contributed by atoms with E-state index in [0.717, 1.165) is 17.7 Å². The maximum atomic E-state index is 12.0. The number of nitrogens with one attached hydrogen (secondary N) is 1. The van der Waals surface area contributed by atoms with Crippen molar-refractivity contribution in [2.75, 3.05) is 12.0 Å². The second-order valence-electron chi connectivity index (χ2n) is 3.88. The van der Waals surface area contributed by atoms with Gasteiger partial charge in [-0.05, 0) is 30.9 Å². The number of para-hydroxylation sites is 1. The van der Waals surface area contributed by atoms with E-state index in [0.29, 0.717) is 12.8 Å². The van der Waals surface area contributed by atoms with Crippen LogP contribution in [0, 0.1) is 5.92 Å². The molecular weight excluding hydrogens is 193 g/mol. The van der Waals surface area contributed by atoms with Crippen LogP contribution in [-0.2, 0) is 11.2 Å². The van der Waals surface area contributed by atoms with E-state index in [-0.39, 0.29) is 18.5 Å². The van der Waals surface area contributed by atoms with E-state index in [2.05, 4.69) is 5.32 Å². The Morgan fingerprint density at radius 2 is 2.20 bits per heavy atom. The van der Waals surface area contributed by atoms with Crippen molar-refractivity contribution in [3.05, 3.63) is 29.8 Å². The zero-order valence-corrected chi connectivity index (χ0v) is 8.50. The van der Waals surface area contributed by atoms with Crippen LogP contribution in [0.4, 0.5) is 10.1 Å². The van der Waals surface area contributed by atoms with Crippen LogP contribution in [0.5, 0.6) is 0 Å². The molecule has 0 aromatic heterocycles. The first kappa shape index (κ1) is 10.1. The number of benzene rings is 1. The normalized spacial score (nSPS) is 19.5. The van der Waals surface area contributed by atoms with E-state index in [1.54, 1.807) is 0 Å². The Bertz CT molecular complexity index is 364. The molecule has 2 rings (SSSR count). The fraction of sp³-hybridized carbons (Fsp3) is 0.417. The number of rotatable bonds is 3. The van der Waals surface area contributed by atoms with Crippen LogP contribution in [0.25, 0.3) is 0 Å². The molecule has 2 nitrogen and oxygen atoms in total. The van der Waals surface area contributed by atoms with Gasteiger partial charge in [-0.3, -0.25) is 9.18 Å². The van der Waals surface area contributed by atoms with Crippen LogP contribution in [0.15, 0.2) is 24.3 Å². The quantitative estimate of drug-likeness (QED) is 0.810. The van der Waals surface area contributed by atoms with Gasteiger partial charge in [-0.15, -0.1) is 0 Å². The number of hydrogen-bond acceptors (Lipinski definition) is 1. The summed E-state index contributed by atoms with van der Waals surface area (Å²) >= 11 is 0. The Morgan fingerprint density at radius 3 is 3.00 bits per heavy atom. The van der Waals surface area contributed by atoms with Crippen LogP contribution in [0.3, 0.4) is 0 Å². The number of alkyl halides is 1. The van der Waals surface area contributed by atoms with Crippen molar-refractivity contribution in [1.82, 2.24) is 0 Å². The maximum Gasteiger partial charge on any atom is 0.227 e. The van der Waals surface area contributed by atoms with Gasteiger partial charge < -0.3 is 5.32 Å². The molecule has 80 valence electrons. The Morgan fingerprint density at radius 1 is 1.40 bits per heavy atom. The highest BCUT2D eigenvalue weighted by molar-refractivity contribution is 5.95. The Hall–Kier alpha value is -1.38. The Balaban J connectivity index is 2.11. The predicted molar refractivity (Wildman–Crippen MR) is 57.5 cm³/mol. The van der Waals surface area contributed by atoms with Gasteiger partial charge in [0.15, 0.2) is 0 Å². The Kier molecular flexibility index (Phi) is 2.99. The Labute approximate surface area is 88.5 Å². The lowest BCUT2D eigenvalue weighted by Gasteiger charge is -2.24. The van der Waals surface area contributed by atoms with E-state index in [4.69, 9.17) is 0 Å². The van der Waals surface area contributed by atoms with Crippen LogP contribution in [0.1, 0.15) is 18.4 Å². The molecule has 1 N–H and O–H groups in total. The van der Waals surface area contributed by atoms with Gasteiger partial charge in [-0.1, -0.05) is 18.2 Å². The van der Waals surface area contributed by atoms with Crippen LogP contribution in [-0.4, -0.2) is 12.6 Å². The molecule has 1 atom stereocenters. The molecule has 0 radical (unpaired) electrons. The fourth-order valence-electron chi connectivity index (χ4n) is 1.97. The minimum Gasteiger partial charge on any atom is -0.326 e. The molecule has 1 aliphatic heterocycles. The molecule has 15 heavy (non-hydrogen) atoms. The minimum atomic E-state index is -0.342. The fourth-order valence-corrected chi connectivity index (χ4v) is 1.97. The third kappa shape index (κ3) is 2.17. The average molecular weight is 207 g/mol. The first-order valence-corrected chi connectivity index (χ1v) is 5.26. The van der Waals surface area contributed by atoms with Gasteiger partial charge in [-0.25, -0.2) is 0 Å². The first-order chi connectivity index (χ1) is 7.31. The van der Waals surface area contributed by atoms with Crippen molar-refractivity contribution in [1.29, 1.82) is 0 Å². The maximum absolute atomic E-state index is 12.0. The molecule has 0 bridgehead atoms. The summed E-state index contributed by atoms with van der Waals surface area (Å²) in [5, 5.41) is 2.86. The van der Waals surface area contributed by atoms with Gasteiger partial charge in [0, 0.05) is 11.6 Å². The molecule has 3 heteroatoms. The van der Waals surface area contributed by atoms with E-state index < -0.39 is 0 Å². The zero-order valence-electron chi connectivity index (χ0n) is 8.50. The monoisotopic (exact) mass is 207 g/mol. The largest absolute Gasteiger partial charge is 0.326 e. The summed E-state index contributed by atoms with van der Waals surface area (Å²) in [5.41, 5.74) is 2.06. The summed E-state index contributed by atoms with van der Waals surface area (Å²) in [4.78, 5) is 11.6. The molecular formula is C12H14FNO. The highest BCUT2D eigenvalue weighted by Crippen LogP contribution is 2.27. The average Bonchev–Trinajstić information content (AvgIpc) is 2.26. The molecule has 1 heterocycles. The van der Waals surface area contributed by atoms with Gasteiger partial charge >= 0.3 is 0 Å². The van der Waals surface area contributed by atoms with E-state index >= 15 is 0 Å².